The third-order valence-electron chi connectivity index (χ3n) is 5.38. The first kappa shape index (κ1) is 18.3. The van der Waals surface area contributed by atoms with E-state index in [1.54, 1.807) is 4.90 Å². The fourth-order valence-electron chi connectivity index (χ4n) is 4.24. The van der Waals surface area contributed by atoms with Crippen molar-refractivity contribution in [3.05, 3.63) is 35.4 Å². The Hall–Kier alpha value is -2.12. The third-order valence-corrected chi connectivity index (χ3v) is 5.38. The van der Waals surface area contributed by atoms with Crippen molar-refractivity contribution in [1.29, 1.82) is 0 Å². The van der Waals surface area contributed by atoms with Crippen molar-refractivity contribution < 1.29 is 19.1 Å². The second kappa shape index (κ2) is 6.21. The van der Waals surface area contributed by atoms with E-state index >= 15 is 0 Å². The monoisotopic (exact) mass is 373 g/mol. The molecule has 4 rings (SSSR count). The highest BCUT2D eigenvalue weighted by molar-refractivity contribution is 6.00. The molecule has 0 aliphatic carbocycles. The minimum absolute atomic E-state index is 0.00813. The van der Waals surface area contributed by atoms with Crippen LogP contribution in [0.25, 0.3) is 0 Å². The number of nitrogens with zero attached hydrogens (tertiary/aromatic N) is 3. The van der Waals surface area contributed by atoms with Crippen LogP contribution in [-0.2, 0) is 15.3 Å². The first-order valence-corrected chi connectivity index (χ1v) is 9.54. The van der Waals surface area contributed by atoms with Crippen molar-refractivity contribution in [2.24, 2.45) is 0 Å². The summed E-state index contributed by atoms with van der Waals surface area (Å²) in [4.78, 5) is 31.1. The second-order valence-electron chi connectivity index (χ2n) is 8.44. The number of ether oxygens (including phenoxy) is 2. The van der Waals surface area contributed by atoms with Crippen LogP contribution in [-0.4, -0.2) is 71.1 Å². The van der Waals surface area contributed by atoms with Gasteiger partial charge in [-0.05, 0) is 33.8 Å². The molecule has 3 heterocycles. The summed E-state index contributed by atoms with van der Waals surface area (Å²) >= 11 is 0. The van der Waals surface area contributed by atoms with Crippen molar-refractivity contribution >= 4 is 12.0 Å². The van der Waals surface area contributed by atoms with Crippen molar-refractivity contribution in [3.8, 4) is 0 Å². The van der Waals surface area contributed by atoms with Crippen LogP contribution >= 0.6 is 0 Å². The minimum atomic E-state index is -0.854. The van der Waals surface area contributed by atoms with E-state index in [-0.39, 0.29) is 18.0 Å². The van der Waals surface area contributed by atoms with E-state index in [0.717, 1.165) is 5.56 Å². The number of hydrogen-bond donors (Lipinski definition) is 0. The van der Waals surface area contributed by atoms with Gasteiger partial charge < -0.3 is 14.4 Å². The third kappa shape index (κ3) is 2.80. The summed E-state index contributed by atoms with van der Waals surface area (Å²) in [5.74, 6) is -0.835. The molecule has 0 bridgehead atoms. The summed E-state index contributed by atoms with van der Waals surface area (Å²) in [5.41, 5.74) is 1.11. The molecular formula is C20H27N3O4. The zero-order valence-electron chi connectivity index (χ0n) is 16.4. The van der Waals surface area contributed by atoms with E-state index in [1.807, 2.05) is 56.9 Å². The van der Waals surface area contributed by atoms with Crippen LogP contribution in [0, 0.1) is 0 Å². The summed E-state index contributed by atoms with van der Waals surface area (Å²) in [7, 11) is 0. The molecule has 2 amide bonds. The van der Waals surface area contributed by atoms with Gasteiger partial charge in [-0.25, -0.2) is 4.79 Å². The summed E-state index contributed by atoms with van der Waals surface area (Å²) in [5, 5.41) is 0. The number of hydrogen-bond acceptors (Lipinski definition) is 5. The van der Waals surface area contributed by atoms with Gasteiger partial charge in [0.25, 0.3) is 5.91 Å². The Morgan fingerprint density at radius 1 is 1.19 bits per heavy atom. The molecule has 27 heavy (non-hydrogen) atoms. The van der Waals surface area contributed by atoms with E-state index in [9.17, 15) is 9.59 Å². The lowest BCUT2D eigenvalue weighted by Crippen LogP contribution is -2.61. The summed E-state index contributed by atoms with van der Waals surface area (Å²) < 4.78 is 11.8. The highest BCUT2D eigenvalue weighted by Crippen LogP contribution is 2.48. The van der Waals surface area contributed by atoms with E-state index in [4.69, 9.17) is 9.47 Å². The molecule has 2 fully saturated rings. The van der Waals surface area contributed by atoms with Crippen LogP contribution < -0.4 is 0 Å². The van der Waals surface area contributed by atoms with Gasteiger partial charge in [0, 0.05) is 37.3 Å². The summed E-state index contributed by atoms with van der Waals surface area (Å²) in [6.07, 6.45) is -0.292. The Morgan fingerprint density at radius 3 is 2.52 bits per heavy atom. The molecule has 7 nitrogen and oxygen atoms in total. The lowest BCUT2D eigenvalue weighted by Gasteiger charge is -2.46. The number of amides is 2. The van der Waals surface area contributed by atoms with Gasteiger partial charge in [0.2, 0.25) is 5.85 Å². The van der Waals surface area contributed by atoms with Gasteiger partial charge in [-0.15, -0.1) is 0 Å². The topological polar surface area (TPSA) is 62.3 Å². The molecule has 146 valence electrons. The number of rotatable bonds is 1. The quantitative estimate of drug-likeness (QED) is 0.755. The zero-order chi connectivity index (χ0) is 19.4. The number of carbonyl (C=O) groups is 2. The van der Waals surface area contributed by atoms with E-state index < -0.39 is 11.4 Å². The fourth-order valence-corrected chi connectivity index (χ4v) is 4.24. The Morgan fingerprint density at radius 2 is 1.85 bits per heavy atom. The molecule has 0 aromatic heterocycles. The highest BCUT2D eigenvalue weighted by Gasteiger charge is 2.60. The van der Waals surface area contributed by atoms with Crippen LogP contribution in [0.15, 0.2) is 24.3 Å². The van der Waals surface area contributed by atoms with E-state index in [0.29, 0.717) is 38.3 Å². The molecule has 2 atom stereocenters. The fraction of sp³-hybridized carbons (Fsp3) is 0.600. The predicted molar refractivity (Wildman–Crippen MR) is 99.1 cm³/mol. The standard InChI is InChI=1S/C20H27N3O4/c1-14-13-26-20(16-8-6-5-7-15(16)17(24)23(14)20)22-11-9-21(10-12-22)18(25)27-19(2,3)4/h5-8,14H,9-13H2,1-4H3/t14-,20?/m0/s1. The molecule has 7 heteroatoms. The van der Waals surface area contributed by atoms with Crippen LogP contribution in [0.3, 0.4) is 0 Å². The molecule has 0 radical (unpaired) electrons. The largest absolute Gasteiger partial charge is 0.444 e. The summed E-state index contributed by atoms with van der Waals surface area (Å²) in [6, 6.07) is 7.68. The predicted octanol–water partition coefficient (Wildman–Crippen LogP) is 2.22. The molecule has 2 saturated heterocycles. The normalized spacial score (nSPS) is 28.3. The number of benzene rings is 1. The first-order valence-electron chi connectivity index (χ1n) is 9.54. The van der Waals surface area contributed by atoms with Crippen molar-refractivity contribution in [2.75, 3.05) is 32.8 Å². The number of piperazine rings is 1. The maximum absolute atomic E-state index is 13.0. The van der Waals surface area contributed by atoms with Crippen LogP contribution in [0.2, 0.25) is 0 Å². The average Bonchev–Trinajstić information content (AvgIpc) is 3.10. The van der Waals surface area contributed by atoms with Crippen molar-refractivity contribution in [3.63, 3.8) is 0 Å². The molecule has 3 aliphatic heterocycles. The second-order valence-corrected chi connectivity index (χ2v) is 8.44. The molecule has 1 aromatic rings. The molecular weight excluding hydrogens is 346 g/mol. The van der Waals surface area contributed by atoms with E-state index in [2.05, 4.69) is 4.90 Å². The number of fused-ring (bicyclic) bond motifs is 3. The van der Waals surface area contributed by atoms with Gasteiger partial charge in [-0.3, -0.25) is 14.6 Å². The van der Waals surface area contributed by atoms with Gasteiger partial charge in [-0.2, -0.15) is 0 Å². The summed E-state index contributed by atoms with van der Waals surface area (Å²) in [6.45, 7) is 10.4. The Bertz CT molecular complexity index is 767. The Labute approximate surface area is 159 Å². The molecule has 0 spiro atoms. The molecule has 1 unspecified atom stereocenters. The van der Waals surface area contributed by atoms with Crippen LogP contribution in [0.4, 0.5) is 4.79 Å². The SMILES string of the molecule is C[C@H]1COC2(N3CCN(C(=O)OC(C)(C)C)CC3)c3ccccc3C(=O)N12. The lowest BCUT2D eigenvalue weighted by atomic mass is 10.1. The molecule has 1 aromatic carbocycles. The van der Waals surface area contributed by atoms with Gasteiger partial charge in [0.15, 0.2) is 0 Å². The van der Waals surface area contributed by atoms with Gasteiger partial charge in [-0.1, -0.05) is 18.2 Å². The van der Waals surface area contributed by atoms with Crippen molar-refractivity contribution in [2.45, 2.75) is 45.2 Å². The molecule has 3 aliphatic rings. The number of carbonyl (C=O) groups excluding carboxylic acids is 2. The minimum Gasteiger partial charge on any atom is -0.444 e. The van der Waals surface area contributed by atoms with Crippen LogP contribution in [0.5, 0.6) is 0 Å². The van der Waals surface area contributed by atoms with Gasteiger partial charge in [0.1, 0.15) is 5.60 Å². The maximum Gasteiger partial charge on any atom is 0.410 e. The van der Waals surface area contributed by atoms with Gasteiger partial charge >= 0.3 is 6.09 Å². The highest BCUT2D eigenvalue weighted by atomic mass is 16.6. The van der Waals surface area contributed by atoms with Gasteiger partial charge in [0.05, 0.1) is 12.6 Å². The van der Waals surface area contributed by atoms with Crippen molar-refractivity contribution in [1.82, 2.24) is 14.7 Å². The van der Waals surface area contributed by atoms with E-state index in [1.165, 1.54) is 0 Å². The Balaban J connectivity index is 1.57. The Kier molecular flexibility index (Phi) is 4.20. The maximum atomic E-state index is 13.0. The molecule has 0 saturated carbocycles. The average molecular weight is 373 g/mol. The first-order chi connectivity index (χ1) is 12.7. The smallest absolute Gasteiger partial charge is 0.410 e. The zero-order valence-corrected chi connectivity index (χ0v) is 16.4. The lowest BCUT2D eigenvalue weighted by molar-refractivity contribution is -0.194. The molecule has 0 N–H and O–H groups in total. The van der Waals surface area contributed by atoms with Crippen LogP contribution in [0.1, 0.15) is 43.6 Å².